The monoisotopic (exact) mass is 252 g/mol. The number of hydrogen-bond donors (Lipinski definition) is 2. The van der Waals surface area contributed by atoms with Crippen molar-refractivity contribution in [3.8, 4) is 0 Å². The second-order valence-corrected chi connectivity index (χ2v) is 5.63. The number of thiophene rings is 1. The van der Waals surface area contributed by atoms with Crippen LogP contribution >= 0.6 is 11.3 Å². The molecule has 1 aliphatic carbocycles. The molecule has 1 unspecified atom stereocenters. The van der Waals surface area contributed by atoms with Crippen molar-refractivity contribution >= 4 is 22.9 Å². The van der Waals surface area contributed by atoms with Crippen LogP contribution in [0.15, 0.2) is 16.8 Å². The Labute approximate surface area is 106 Å². The van der Waals surface area contributed by atoms with E-state index < -0.39 is 0 Å². The van der Waals surface area contributed by atoms with E-state index in [2.05, 4.69) is 5.32 Å². The summed E-state index contributed by atoms with van der Waals surface area (Å²) in [5.74, 6) is 0.598. The number of carbonyl (C=O) groups is 1. The summed E-state index contributed by atoms with van der Waals surface area (Å²) in [7, 11) is 0. The summed E-state index contributed by atoms with van der Waals surface area (Å²) in [6.45, 7) is 0. The number of anilines is 1. The largest absolute Gasteiger partial charge is 0.324 e. The fourth-order valence-corrected chi connectivity index (χ4v) is 3.05. The third-order valence-electron chi connectivity index (χ3n) is 3.44. The van der Waals surface area contributed by atoms with Gasteiger partial charge in [-0.05, 0) is 23.8 Å². The minimum Gasteiger partial charge on any atom is -0.324 e. The molecule has 4 heteroatoms. The highest BCUT2D eigenvalue weighted by Crippen LogP contribution is 2.27. The molecule has 1 atom stereocenters. The van der Waals surface area contributed by atoms with Gasteiger partial charge in [-0.15, -0.1) is 0 Å². The molecule has 0 radical (unpaired) electrons. The van der Waals surface area contributed by atoms with E-state index in [9.17, 15) is 4.79 Å². The molecule has 0 saturated heterocycles. The van der Waals surface area contributed by atoms with Crippen molar-refractivity contribution < 1.29 is 4.79 Å². The SMILES string of the molecule is NC(CC1CCCCC1)C(=O)Nc1ccsc1. The average molecular weight is 252 g/mol. The minimum atomic E-state index is -0.363. The Bertz CT molecular complexity index is 344. The molecule has 1 saturated carbocycles. The van der Waals surface area contributed by atoms with Crippen LogP contribution in [0, 0.1) is 5.92 Å². The third-order valence-corrected chi connectivity index (χ3v) is 4.12. The van der Waals surface area contributed by atoms with Crippen LogP contribution in [0.4, 0.5) is 5.69 Å². The van der Waals surface area contributed by atoms with E-state index >= 15 is 0 Å². The van der Waals surface area contributed by atoms with Crippen LogP contribution in [0.5, 0.6) is 0 Å². The van der Waals surface area contributed by atoms with Crippen molar-refractivity contribution in [2.75, 3.05) is 5.32 Å². The molecule has 3 N–H and O–H groups in total. The van der Waals surface area contributed by atoms with Gasteiger partial charge >= 0.3 is 0 Å². The Morgan fingerprint density at radius 1 is 1.47 bits per heavy atom. The first-order valence-electron chi connectivity index (χ1n) is 6.34. The highest BCUT2D eigenvalue weighted by atomic mass is 32.1. The molecule has 1 heterocycles. The predicted molar refractivity (Wildman–Crippen MR) is 72.1 cm³/mol. The van der Waals surface area contributed by atoms with Crippen LogP contribution in [-0.4, -0.2) is 11.9 Å². The van der Waals surface area contributed by atoms with Gasteiger partial charge in [-0.25, -0.2) is 0 Å². The zero-order valence-electron chi connectivity index (χ0n) is 10.0. The lowest BCUT2D eigenvalue weighted by Crippen LogP contribution is -2.37. The van der Waals surface area contributed by atoms with Gasteiger partial charge in [0.25, 0.3) is 0 Å². The third kappa shape index (κ3) is 3.82. The Hall–Kier alpha value is -0.870. The number of hydrogen-bond acceptors (Lipinski definition) is 3. The summed E-state index contributed by atoms with van der Waals surface area (Å²) in [6, 6.07) is 1.54. The minimum absolute atomic E-state index is 0.0472. The average Bonchev–Trinajstić information content (AvgIpc) is 2.83. The molecule has 1 fully saturated rings. The topological polar surface area (TPSA) is 55.1 Å². The Morgan fingerprint density at radius 2 is 2.24 bits per heavy atom. The standard InChI is InChI=1S/C13H20N2OS/c14-12(8-10-4-2-1-3-5-10)13(16)15-11-6-7-17-9-11/h6-7,9-10,12H,1-5,8,14H2,(H,15,16). The van der Waals surface area contributed by atoms with Gasteiger partial charge in [-0.2, -0.15) is 11.3 Å². The van der Waals surface area contributed by atoms with Crippen LogP contribution in [-0.2, 0) is 4.79 Å². The van der Waals surface area contributed by atoms with Crippen molar-refractivity contribution in [2.45, 2.75) is 44.6 Å². The lowest BCUT2D eigenvalue weighted by Gasteiger charge is -2.23. The quantitative estimate of drug-likeness (QED) is 0.865. The molecular weight excluding hydrogens is 232 g/mol. The summed E-state index contributed by atoms with van der Waals surface area (Å²) >= 11 is 1.57. The van der Waals surface area contributed by atoms with Gasteiger partial charge in [0.2, 0.25) is 5.91 Å². The number of rotatable bonds is 4. The van der Waals surface area contributed by atoms with Crippen molar-refractivity contribution in [1.29, 1.82) is 0 Å². The summed E-state index contributed by atoms with van der Waals surface area (Å²) < 4.78 is 0. The van der Waals surface area contributed by atoms with Crippen LogP contribution in [0.3, 0.4) is 0 Å². The van der Waals surface area contributed by atoms with Crippen LogP contribution in [0.2, 0.25) is 0 Å². The molecule has 94 valence electrons. The Morgan fingerprint density at radius 3 is 2.88 bits per heavy atom. The van der Waals surface area contributed by atoms with E-state index in [4.69, 9.17) is 5.73 Å². The van der Waals surface area contributed by atoms with Crippen LogP contribution in [0.25, 0.3) is 0 Å². The predicted octanol–water partition coefficient (Wildman–Crippen LogP) is 2.98. The molecule has 1 aliphatic rings. The molecule has 17 heavy (non-hydrogen) atoms. The molecule has 1 aromatic heterocycles. The first-order chi connectivity index (χ1) is 8.25. The summed E-state index contributed by atoms with van der Waals surface area (Å²) in [6.07, 6.45) is 7.23. The second-order valence-electron chi connectivity index (χ2n) is 4.85. The molecule has 0 spiro atoms. The maximum Gasteiger partial charge on any atom is 0.241 e. The Balaban J connectivity index is 1.78. The van der Waals surface area contributed by atoms with E-state index in [0.29, 0.717) is 5.92 Å². The van der Waals surface area contributed by atoms with Gasteiger partial charge in [0.1, 0.15) is 0 Å². The smallest absolute Gasteiger partial charge is 0.241 e. The molecule has 0 aromatic carbocycles. The summed E-state index contributed by atoms with van der Waals surface area (Å²) in [4.78, 5) is 11.9. The van der Waals surface area contributed by atoms with Gasteiger partial charge in [-0.3, -0.25) is 4.79 Å². The van der Waals surface area contributed by atoms with E-state index in [0.717, 1.165) is 12.1 Å². The maximum atomic E-state index is 11.9. The Kier molecular flexibility index (Phi) is 4.57. The molecule has 0 aliphatic heterocycles. The van der Waals surface area contributed by atoms with Gasteiger partial charge in [0.15, 0.2) is 0 Å². The van der Waals surface area contributed by atoms with E-state index in [1.165, 1.54) is 32.1 Å². The number of nitrogens with two attached hydrogens (primary N) is 1. The fourth-order valence-electron chi connectivity index (χ4n) is 2.46. The van der Waals surface area contributed by atoms with Gasteiger partial charge in [0.05, 0.1) is 11.7 Å². The number of amides is 1. The molecule has 0 bridgehead atoms. The maximum absolute atomic E-state index is 11.9. The van der Waals surface area contributed by atoms with Gasteiger partial charge < -0.3 is 11.1 Å². The highest BCUT2D eigenvalue weighted by molar-refractivity contribution is 7.08. The van der Waals surface area contributed by atoms with Gasteiger partial charge in [-0.1, -0.05) is 32.1 Å². The molecule has 3 nitrogen and oxygen atoms in total. The number of nitrogens with one attached hydrogen (secondary N) is 1. The summed E-state index contributed by atoms with van der Waals surface area (Å²) in [5.41, 5.74) is 6.82. The van der Waals surface area contributed by atoms with E-state index in [1.807, 2.05) is 16.8 Å². The van der Waals surface area contributed by atoms with Crippen LogP contribution < -0.4 is 11.1 Å². The fraction of sp³-hybridized carbons (Fsp3) is 0.615. The molecular formula is C13H20N2OS. The highest BCUT2D eigenvalue weighted by Gasteiger charge is 2.21. The molecule has 2 rings (SSSR count). The zero-order valence-corrected chi connectivity index (χ0v) is 10.8. The van der Waals surface area contributed by atoms with E-state index in [1.54, 1.807) is 11.3 Å². The van der Waals surface area contributed by atoms with Crippen molar-refractivity contribution in [1.82, 2.24) is 0 Å². The van der Waals surface area contributed by atoms with E-state index in [-0.39, 0.29) is 11.9 Å². The van der Waals surface area contributed by atoms with Gasteiger partial charge in [0, 0.05) is 5.38 Å². The first kappa shape index (κ1) is 12.6. The zero-order chi connectivity index (χ0) is 12.1. The first-order valence-corrected chi connectivity index (χ1v) is 7.28. The van der Waals surface area contributed by atoms with Crippen molar-refractivity contribution in [3.63, 3.8) is 0 Å². The van der Waals surface area contributed by atoms with Crippen molar-refractivity contribution in [3.05, 3.63) is 16.8 Å². The normalized spacial score (nSPS) is 18.9. The molecule has 1 amide bonds. The molecule has 1 aromatic rings. The lowest BCUT2D eigenvalue weighted by atomic mass is 9.85. The number of carbonyl (C=O) groups excluding carboxylic acids is 1. The second kappa shape index (κ2) is 6.17. The lowest BCUT2D eigenvalue weighted by molar-refractivity contribution is -0.117. The van der Waals surface area contributed by atoms with Crippen molar-refractivity contribution in [2.24, 2.45) is 11.7 Å². The summed E-state index contributed by atoms with van der Waals surface area (Å²) in [5, 5.41) is 6.73. The van der Waals surface area contributed by atoms with Crippen LogP contribution in [0.1, 0.15) is 38.5 Å².